The van der Waals surface area contributed by atoms with Crippen LogP contribution in [0.1, 0.15) is 82.3 Å². The number of carbonyl (C=O) groups excluding carboxylic acids is 2. The van der Waals surface area contributed by atoms with Crippen LogP contribution in [0.2, 0.25) is 0 Å². The van der Waals surface area contributed by atoms with Crippen molar-refractivity contribution in [2.24, 2.45) is 0 Å². The van der Waals surface area contributed by atoms with Crippen LogP contribution in [-0.2, 0) is 14.3 Å². The summed E-state index contributed by atoms with van der Waals surface area (Å²) in [6.45, 7) is 8.27. The first-order valence-corrected chi connectivity index (χ1v) is 12.3. The van der Waals surface area contributed by atoms with Crippen LogP contribution in [0.4, 0.5) is 5.13 Å². The number of benzene rings is 1. The molecule has 0 fully saturated rings. The second-order valence-electron chi connectivity index (χ2n) is 8.98. The molecule has 0 radical (unpaired) electrons. The normalized spacial score (nSPS) is 14.4. The molecule has 1 heterocycles. The van der Waals surface area contributed by atoms with Crippen molar-refractivity contribution in [1.29, 1.82) is 0 Å². The molecule has 8 heteroatoms. The Hall–Kier alpha value is -2.29. The van der Waals surface area contributed by atoms with Crippen molar-refractivity contribution in [1.82, 2.24) is 10.3 Å². The lowest BCUT2D eigenvalue weighted by Gasteiger charge is -2.23. The summed E-state index contributed by atoms with van der Waals surface area (Å²) in [5.41, 5.74) is 0.359. The number of thiazole rings is 1. The highest BCUT2D eigenvalue weighted by Crippen LogP contribution is 2.30. The van der Waals surface area contributed by atoms with Crippen molar-refractivity contribution in [3.05, 3.63) is 47.0 Å². The van der Waals surface area contributed by atoms with E-state index in [1.807, 2.05) is 13.0 Å². The SMILES string of the molecule is CCCC(NC(=O)C(O)c1ccccc1)C(=O)Nc1ncc(C(C)CCCC(C)(C)OC)s1. The number of ether oxygens (including phenoxy) is 1. The Kier molecular flexibility index (Phi) is 10.5. The van der Waals surface area contributed by atoms with E-state index in [9.17, 15) is 14.7 Å². The smallest absolute Gasteiger partial charge is 0.254 e. The van der Waals surface area contributed by atoms with Crippen molar-refractivity contribution >= 4 is 28.3 Å². The molecule has 7 nitrogen and oxygen atoms in total. The average Bonchev–Trinajstić information content (AvgIpc) is 3.27. The predicted octanol–water partition coefficient (Wildman–Crippen LogP) is 4.80. The Morgan fingerprint density at radius 1 is 1.18 bits per heavy atom. The number of amides is 2. The molecular weight excluding hydrogens is 438 g/mol. The number of carbonyl (C=O) groups is 2. The van der Waals surface area contributed by atoms with Crippen molar-refractivity contribution in [2.75, 3.05) is 12.4 Å². The highest BCUT2D eigenvalue weighted by atomic mass is 32.1. The molecule has 2 amide bonds. The van der Waals surface area contributed by atoms with Gasteiger partial charge in [0.15, 0.2) is 11.2 Å². The monoisotopic (exact) mass is 475 g/mol. The van der Waals surface area contributed by atoms with Gasteiger partial charge in [-0.05, 0) is 51.0 Å². The van der Waals surface area contributed by atoms with Crippen LogP contribution in [0.25, 0.3) is 0 Å². The van der Waals surface area contributed by atoms with Gasteiger partial charge in [0.25, 0.3) is 5.91 Å². The van der Waals surface area contributed by atoms with Gasteiger partial charge in [0.2, 0.25) is 5.91 Å². The first kappa shape index (κ1) is 27.0. The van der Waals surface area contributed by atoms with E-state index in [2.05, 4.69) is 36.4 Å². The summed E-state index contributed by atoms with van der Waals surface area (Å²) in [4.78, 5) is 30.8. The van der Waals surface area contributed by atoms with Gasteiger partial charge in [0.05, 0.1) is 5.60 Å². The molecular formula is C25H37N3O4S. The number of anilines is 1. The fourth-order valence-electron chi connectivity index (χ4n) is 3.44. The molecule has 0 bridgehead atoms. The maximum Gasteiger partial charge on any atom is 0.254 e. The fraction of sp³-hybridized carbons (Fsp3) is 0.560. The zero-order valence-corrected chi connectivity index (χ0v) is 21.1. The highest BCUT2D eigenvalue weighted by molar-refractivity contribution is 7.15. The van der Waals surface area contributed by atoms with Crippen LogP contribution in [0.15, 0.2) is 36.5 Å². The van der Waals surface area contributed by atoms with E-state index in [1.165, 1.54) is 11.3 Å². The molecule has 3 atom stereocenters. The van der Waals surface area contributed by atoms with Crippen molar-refractivity contribution in [3.63, 3.8) is 0 Å². The van der Waals surface area contributed by atoms with Crippen LogP contribution < -0.4 is 10.6 Å². The zero-order valence-electron chi connectivity index (χ0n) is 20.3. The minimum absolute atomic E-state index is 0.126. The van der Waals surface area contributed by atoms with Crippen LogP contribution in [0, 0.1) is 0 Å². The standard InChI is InChI=1S/C25H37N3O4S/c1-6-11-19(27-23(31)21(29)18-13-8-7-9-14-18)22(30)28-24-26-16-20(33-24)17(2)12-10-15-25(3,4)32-5/h7-9,13-14,16-17,19,21,29H,6,10-12,15H2,1-5H3,(H,27,31)(H,26,28,30). The number of hydrogen-bond acceptors (Lipinski definition) is 6. The van der Waals surface area contributed by atoms with Gasteiger partial charge in [-0.2, -0.15) is 0 Å². The molecule has 3 N–H and O–H groups in total. The molecule has 1 aromatic heterocycles. The summed E-state index contributed by atoms with van der Waals surface area (Å²) >= 11 is 1.45. The van der Waals surface area contributed by atoms with Crippen molar-refractivity contribution < 1.29 is 19.4 Å². The lowest BCUT2D eigenvalue weighted by molar-refractivity contribution is -0.133. The molecule has 0 aliphatic rings. The molecule has 1 aromatic carbocycles. The molecule has 33 heavy (non-hydrogen) atoms. The topological polar surface area (TPSA) is 101 Å². The van der Waals surface area contributed by atoms with Gasteiger partial charge < -0.3 is 20.5 Å². The fourth-order valence-corrected chi connectivity index (χ4v) is 4.34. The van der Waals surface area contributed by atoms with Gasteiger partial charge in [-0.1, -0.05) is 50.6 Å². The Labute approximate surface area is 201 Å². The second kappa shape index (κ2) is 12.8. The lowest BCUT2D eigenvalue weighted by atomic mass is 9.96. The third-order valence-electron chi connectivity index (χ3n) is 5.78. The first-order chi connectivity index (χ1) is 15.7. The third kappa shape index (κ3) is 8.53. The number of nitrogens with zero attached hydrogens (tertiary/aromatic N) is 1. The molecule has 0 aliphatic heterocycles. The maximum absolute atomic E-state index is 12.8. The number of methoxy groups -OCH3 is 1. The minimum atomic E-state index is -1.33. The summed E-state index contributed by atoms with van der Waals surface area (Å²) in [7, 11) is 1.73. The number of rotatable bonds is 13. The predicted molar refractivity (Wildman–Crippen MR) is 132 cm³/mol. The summed E-state index contributed by atoms with van der Waals surface area (Å²) in [6, 6.07) is 7.91. The van der Waals surface area contributed by atoms with E-state index in [4.69, 9.17) is 4.74 Å². The largest absolute Gasteiger partial charge is 0.379 e. The van der Waals surface area contributed by atoms with Crippen LogP contribution in [0.5, 0.6) is 0 Å². The summed E-state index contributed by atoms with van der Waals surface area (Å²) in [5, 5.41) is 16.3. The molecule has 2 rings (SSSR count). The Morgan fingerprint density at radius 3 is 2.52 bits per heavy atom. The van der Waals surface area contributed by atoms with Crippen LogP contribution >= 0.6 is 11.3 Å². The first-order valence-electron chi connectivity index (χ1n) is 11.5. The number of aliphatic hydroxyl groups excluding tert-OH is 1. The van der Waals surface area contributed by atoms with Gasteiger partial charge in [0.1, 0.15) is 6.04 Å². The number of aliphatic hydroxyl groups is 1. The summed E-state index contributed by atoms with van der Waals surface area (Å²) < 4.78 is 5.48. The van der Waals surface area contributed by atoms with Gasteiger partial charge in [-0.25, -0.2) is 4.98 Å². The van der Waals surface area contributed by atoms with E-state index in [0.29, 0.717) is 29.5 Å². The van der Waals surface area contributed by atoms with E-state index in [0.717, 1.165) is 24.1 Å². The van der Waals surface area contributed by atoms with Crippen molar-refractivity contribution in [2.45, 2.75) is 83.5 Å². The van der Waals surface area contributed by atoms with Gasteiger partial charge in [-0.3, -0.25) is 9.59 Å². The summed E-state index contributed by atoms with van der Waals surface area (Å²) in [6.07, 6.45) is 4.67. The van der Waals surface area contributed by atoms with E-state index in [-0.39, 0.29) is 11.5 Å². The average molecular weight is 476 g/mol. The Balaban J connectivity index is 1.93. The van der Waals surface area contributed by atoms with Crippen LogP contribution in [-0.4, -0.2) is 40.7 Å². The van der Waals surface area contributed by atoms with Gasteiger partial charge >= 0.3 is 0 Å². The Bertz CT molecular complexity index is 885. The molecule has 0 saturated carbocycles. The van der Waals surface area contributed by atoms with Crippen LogP contribution in [0.3, 0.4) is 0 Å². The van der Waals surface area contributed by atoms with E-state index in [1.54, 1.807) is 37.6 Å². The highest BCUT2D eigenvalue weighted by Gasteiger charge is 2.25. The molecule has 2 aromatic rings. The quantitative estimate of drug-likeness (QED) is 0.386. The van der Waals surface area contributed by atoms with Gasteiger partial charge in [0, 0.05) is 18.2 Å². The molecule has 182 valence electrons. The molecule has 0 aliphatic carbocycles. The molecule has 3 unspecified atom stereocenters. The zero-order chi connectivity index (χ0) is 24.4. The number of nitrogens with one attached hydrogen (secondary N) is 2. The minimum Gasteiger partial charge on any atom is -0.379 e. The summed E-state index contributed by atoms with van der Waals surface area (Å²) in [5.74, 6) is -0.601. The molecule has 0 saturated heterocycles. The molecule has 0 spiro atoms. The third-order valence-corrected chi connectivity index (χ3v) is 6.93. The van der Waals surface area contributed by atoms with E-state index >= 15 is 0 Å². The number of aromatic nitrogens is 1. The lowest BCUT2D eigenvalue weighted by Crippen LogP contribution is -2.45. The van der Waals surface area contributed by atoms with E-state index < -0.39 is 18.1 Å². The van der Waals surface area contributed by atoms with Crippen molar-refractivity contribution in [3.8, 4) is 0 Å². The number of hydrogen-bond donors (Lipinski definition) is 3. The second-order valence-corrected chi connectivity index (χ2v) is 10.0. The van der Waals surface area contributed by atoms with Gasteiger partial charge in [-0.15, -0.1) is 11.3 Å². The maximum atomic E-state index is 12.8. The Morgan fingerprint density at radius 2 is 1.88 bits per heavy atom.